The Morgan fingerprint density at radius 2 is 1.82 bits per heavy atom. The highest BCUT2D eigenvalue weighted by atomic mass is 35.5. The molecule has 0 saturated carbocycles. The van der Waals surface area contributed by atoms with E-state index in [2.05, 4.69) is 15.6 Å². The summed E-state index contributed by atoms with van der Waals surface area (Å²) in [7, 11) is 0. The number of rotatable bonds is 6. The molecule has 5 nitrogen and oxygen atoms in total. The molecule has 28 heavy (non-hydrogen) atoms. The minimum absolute atomic E-state index is 0.0729. The van der Waals surface area contributed by atoms with Crippen LogP contribution in [0.4, 0.5) is 11.5 Å². The minimum atomic E-state index is -0.509. The van der Waals surface area contributed by atoms with E-state index in [1.54, 1.807) is 18.2 Å². The second-order valence-corrected chi connectivity index (χ2v) is 7.09. The molecular formula is C21H15ClN4OS. The second kappa shape index (κ2) is 9.60. The molecule has 7 heteroatoms. The van der Waals surface area contributed by atoms with Gasteiger partial charge in [-0.15, -0.1) is 0 Å². The molecule has 1 amide bonds. The number of benzene rings is 2. The number of anilines is 2. The summed E-state index contributed by atoms with van der Waals surface area (Å²) in [5, 5.41) is 15.5. The Bertz CT molecular complexity index is 1030. The molecule has 138 valence electrons. The molecule has 0 radical (unpaired) electrons. The first kappa shape index (κ1) is 19.5. The Morgan fingerprint density at radius 3 is 2.54 bits per heavy atom. The first-order valence-electron chi connectivity index (χ1n) is 8.27. The van der Waals surface area contributed by atoms with Crippen LogP contribution in [-0.2, 0) is 4.79 Å². The highest BCUT2D eigenvalue weighted by Crippen LogP contribution is 2.33. The van der Waals surface area contributed by atoms with Gasteiger partial charge in [-0.3, -0.25) is 4.79 Å². The van der Waals surface area contributed by atoms with E-state index in [1.165, 1.54) is 24.2 Å². The van der Waals surface area contributed by atoms with E-state index in [-0.39, 0.29) is 5.57 Å². The van der Waals surface area contributed by atoms with Gasteiger partial charge in [0.15, 0.2) is 0 Å². The van der Waals surface area contributed by atoms with Crippen LogP contribution in [0.2, 0.25) is 5.02 Å². The molecule has 0 saturated heterocycles. The predicted molar refractivity (Wildman–Crippen MR) is 112 cm³/mol. The lowest BCUT2D eigenvalue weighted by Gasteiger charge is -2.10. The summed E-state index contributed by atoms with van der Waals surface area (Å²) in [6, 6.07) is 22.5. The van der Waals surface area contributed by atoms with Crippen LogP contribution in [-0.4, -0.2) is 10.9 Å². The van der Waals surface area contributed by atoms with Crippen molar-refractivity contribution in [3.05, 3.63) is 89.7 Å². The van der Waals surface area contributed by atoms with E-state index in [9.17, 15) is 10.1 Å². The standard InChI is InChI=1S/C21H15ClN4OS/c22-16-10-11-20(25-14-16)24-13-15(12-23)21(27)26-18-8-4-5-9-19(18)28-17-6-2-1-3-7-17/h1-11,13-14H,(H,24,25)(H,26,27)/b15-13-. The lowest BCUT2D eigenvalue weighted by Crippen LogP contribution is -2.15. The molecule has 0 unspecified atom stereocenters. The summed E-state index contributed by atoms with van der Waals surface area (Å²) in [5.74, 6) is -0.0324. The van der Waals surface area contributed by atoms with E-state index in [4.69, 9.17) is 11.6 Å². The summed E-state index contributed by atoms with van der Waals surface area (Å²) in [4.78, 5) is 18.5. The number of nitrogens with one attached hydrogen (secondary N) is 2. The van der Waals surface area contributed by atoms with Crippen LogP contribution in [0.5, 0.6) is 0 Å². The molecule has 2 N–H and O–H groups in total. The third-order valence-electron chi connectivity index (χ3n) is 3.56. The van der Waals surface area contributed by atoms with Gasteiger partial charge in [0.2, 0.25) is 0 Å². The molecule has 3 aromatic rings. The van der Waals surface area contributed by atoms with Crippen molar-refractivity contribution >= 4 is 40.8 Å². The minimum Gasteiger partial charge on any atom is -0.345 e. The number of para-hydroxylation sites is 1. The predicted octanol–water partition coefficient (Wildman–Crippen LogP) is 5.34. The molecule has 1 heterocycles. The summed E-state index contributed by atoms with van der Waals surface area (Å²) >= 11 is 7.32. The first-order valence-corrected chi connectivity index (χ1v) is 9.47. The van der Waals surface area contributed by atoms with Crippen LogP contribution in [0.3, 0.4) is 0 Å². The topological polar surface area (TPSA) is 77.8 Å². The Hall–Kier alpha value is -3.27. The molecule has 0 bridgehead atoms. The van der Waals surface area contributed by atoms with E-state index in [0.29, 0.717) is 16.5 Å². The van der Waals surface area contributed by atoms with Crippen LogP contribution in [0, 0.1) is 11.3 Å². The maximum absolute atomic E-state index is 12.5. The van der Waals surface area contributed by atoms with Gasteiger partial charge in [0.25, 0.3) is 5.91 Å². The van der Waals surface area contributed by atoms with E-state index in [0.717, 1.165) is 9.79 Å². The molecule has 0 fully saturated rings. The molecule has 0 atom stereocenters. The zero-order valence-corrected chi connectivity index (χ0v) is 16.2. The fraction of sp³-hybridized carbons (Fsp3) is 0. The normalized spacial score (nSPS) is 10.8. The van der Waals surface area contributed by atoms with Gasteiger partial charge in [0.1, 0.15) is 17.5 Å². The largest absolute Gasteiger partial charge is 0.345 e. The van der Waals surface area contributed by atoms with Crippen molar-refractivity contribution in [2.75, 3.05) is 10.6 Å². The monoisotopic (exact) mass is 406 g/mol. The quantitative estimate of drug-likeness (QED) is 0.426. The number of pyridine rings is 1. The van der Waals surface area contributed by atoms with Crippen LogP contribution in [0.15, 0.2) is 94.5 Å². The number of hydrogen-bond acceptors (Lipinski definition) is 5. The smallest absolute Gasteiger partial charge is 0.267 e. The fourth-order valence-corrected chi connectivity index (χ4v) is 3.25. The third-order valence-corrected chi connectivity index (χ3v) is 4.87. The van der Waals surface area contributed by atoms with Gasteiger partial charge in [0, 0.05) is 22.2 Å². The van der Waals surface area contributed by atoms with Crippen molar-refractivity contribution in [3.8, 4) is 6.07 Å². The van der Waals surface area contributed by atoms with Crippen molar-refractivity contribution in [1.82, 2.24) is 4.98 Å². The Balaban J connectivity index is 1.73. The van der Waals surface area contributed by atoms with Gasteiger partial charge in [-0.1, -0.05) is 53.7 Å². The molecule has 0 aliphatic heterocycles. The summed E-state index contributed by atoms with van der Waals surface area (Å²) in [5.41, 5.74) is 0.559. The van der Waals surface area contributed by atoms with Crippen LogP contribution >= 0.6 is 23.4 Å². The fourth-order valence-electron chi connectivity index (χ4n) is 2.22. The summed E-state index contributed by atoms with van der Waals surface area (Å²) in [6.07, 6.45) is 2.79. The number of halogens is 1. The summed E-state index contributed by atoms with van der Waals surface area (Å²) < 4.78 is 0. The summed E-state index contributed by atoms with van der Waals surface area (Å²) in [6.45, 7) is 0. The highest BCUT2D eigenvalue weighted by molar-refractivity contribution is 7.99. The molecule has 2 aromatic carbocycles. The zero-order chi connectivity index (χ0) is 19.8. The molecular weight excluding hydrogens is 392 g/mol. The highest BCUT2D eigenvalue weighted by Gasteiger charge is 2.12. The van der Waals surface area contributed by atoms with Crippen LogP contribution < -0.4 is 10.6 Å². The molecule has 0 aliphatic carbocycles. The molecule has 3 rings (SSSR count). The number of amides is 1. The van der Waals surface area contributed by atoms with E-state index >= 15 is 0 Å². The van der Waals surface area contributed by atoms with E-state index < -0.39 is 5.91 Å². The average Bonchev–Trinajstić information content (AvgIpc) is 2.72. The number of nitrogens with zero attached hydrogens (tertiary/aromatic N) is 2. The zero-order valence-electron chi connectivity index (χ0n) is 14.6. The Labute approximate surface area is 172 Å². The number of aromatic nitrogens is 1. The first-order chi connectivity index (χ1) is 13.7. The number of carbonyl (C=O) groups is 1. The number of hydrogen-bond donors (Lipinski definition) is 2. The Morgan fingerprint density at radius 1 is 1.07 bits per heavy atom. The van der Waals surface area contributed by atoms with Gasteiger partial charge in [-0.2, -0.15) is 5.26 Å². The second-order valence-electron chi connectivity index (χ2n) is 5.54. The number of nitriles is 1. The molecule has 0 spiro atoms. The number of carbonyl (C=O) groups excluding carboxylic acids is 1. The maximum Gasteiger partial charge on any atom is 0.267 e. The van der Waals surface area contributed by atoms with Crippen molar-refractivity contribution in [2.45, 2.75) is 9.79 Å². The lowest BCUT2D eigenvalue weighted by atomic mass is 10.2. The SMILES string of the molecule is N#C/C(=C/Nc1ccc(Cl)cn1)C(=O)Nc1ccccc1Sc1ccccc1. The van der Waals surface area contributed by atoms with E-state index in [1.807, 2.05) is 54.6 Å². The van der Waals surface area contributed by atoms with Crippen molar-refractivity contribution in [1.29, 1.82) is 5.26 Å². The molecule has 0 aliphatic rings. The van der Waals surface area contributed by atoms with Crippen LogP contribution in [0.25, 0.3) is 0 Å². The maximum atomic E-state index is 12.5. The Kier molecular flexibility index (Phi) is 6.68. The van der Waals surface area contributed by atoms with Gasteiger partial charge in [-0.05, 0) is 36.4 Å². The van der Waals surface area contributed by atoms with Gasteiger partial charge < -0.3 is 10.6 Å². The molecule has 1 aromatic heterocycles. The van der Waals surface area contributed by atoms with Crippen molar-refractivity contribution in [3.63, 3.8) is 0 Å². The van der Waals surface area contributed by atoms with Gasteiger partial charge in [-0.25, -0.2) is 4.98 Å². The van der Waals surface area contributed by atoms with Crippen molar-refractivity contribution < 1.29 is 4.79 Å². The van der Waals surface area contributed by atoms with Crippen LogP contribution in [0.1, 0.15) is 0 Å². The third kappa shape index (κ3) is 5.36. The lowest BCUT2D eigenvalue weighted by molar-refractivity contribution is -0.112. The van der Waals surface area contributed by atoms with Crippen molar-refractivity contribution in [2.24, 2.45) is 0 Å². The van der Waals surface area contributed by atoms with Gasteiger partial charge >= 0.3 is 0 Å². The average molecular weight is 407 g/mol. The van der Waals surface area contributed by atoms with Gasteiger partial charge in [0.05, 0.1) is 10.7 Å².